The van der Waals surface area contributed by atoms with Crippen molar-refractivity contribution in [2.75, 3.05) is 5.73 Å². The zero-order chi connectivity index (χ0) is 14.2. The number of carboxylic acids is 1. The van der Waals surface area contributed by atoms with Gasteiger partial charge in [0.15, 0.2) is 0 Å². The number of carbonyl (C=O) groups is 1. The van der Waals surface area contributed by atoms with Crippen LogP contribution in [0.3, 0.4) is 0 Å². The molecule has 0 aliphatic heterocycles. The second-order valence-corrected chi connectivity index (χ2v) is 6.34. The van der Waals surface area contributed by atoms with Gasteiger partial charge in [0.05, 0.1) is 5.69 Å². The molecule has 0 saturated carbocycles. The Morgan fingerprint density at radius 1 is 1.32 bits per heavy atom. The normalized spacial score (nSPS) is 11.5. The van der Waals surface area contributed by atoms with E-state index in [1.54, 1.807) is 6.07 Å². The SMILES string of the molecule is CC(C)(C)c1nc(-c2ccccc2N)sc1C(=O)O. The van der Waals surface area contributed by atoms with Gasteiger partial charge >= 0.3 is 5.97 Å². The van der Waals surface area contributed by atoms with E-state index in [1.165, 1.54) is 11.3 Å². The van der Waals surface area contributed by atoms with E-state index in [0.29, 0.717) is 16.4 Å². The van der Waals surface area contributed by atoms with E-state index in [-0.39, 0.29) is 10.3 Å². The molecule has 0 amide bonds. The first-order valence-electron chi connectivity index (χ1n) is 5.90. The van der Waals surface area contributed by atoms with Gasteiger partial charge in [0, 0.05) is 16.7 Å². The number of nitrogens with zero attached hydrogens (tertiary/aromatic N) is 1. The number of aromatic carboxylic acids is 1. The zero-order valence-electron chi connectivity index (χ0n) is 11.1. The monoisotopic (exact) mass is 276 g/mol. The van der Waals surface area contributed by atoms with Crippen LogP contribution >= 0.6 is 11.3 Å². The average Bonchev–Trinajstić information content (AvgIpc) is 2.74. The maximum absolute atomic E-state index is 11.3. The van der Waals surface area contributed by atoms with Crippen LogP contribution in [0.1, 0.15) is 36.1 Å². The minimum Gasteiger partial charge on any atom is -0.477 e. The van der Waals surface area contributed by atoms with Gasteiger partial charge in [-0.1, -0.05) is 32.9 Å². The van der Waals surface area contributed by atoms with Crippen molar-refractivity contribution in [3.05, 3.63) is 34.8 Å². The van der Waals surface area contributed by atoms with Gasteiger partial charge in [-0.3, -0.25) is 0 Å². The molecular weight excluding hydrogens is 260 g/mol. The zero-order valence-corrected chi connectivity index (χ0v) is 11.9. The lowest BCUT2D eigenvalue weighted by Gasteiger charge is -2.16. The highest BCUT2D eigenvalue weighted by Gasteiger charge is 2.27. The third kappa shape index (κ3) is 2.61. The molecular formula is C14H16N2O2S. The summed E-state index contributed by atoms with van der Waals surface area (Å²) in [7, 11) is 0. The van der Waals surface area contributed by atoms with Gasteiger partial charge in [0.1, 0.15) is 9.88 Å². The van der Waals surface area contributed by atoms with E-state index < -0.39 is 5.97 Å². The van der Waals surface area contributed by atoms with Gasteiger partial charge in [0.25, 0.3) is 0 Å². The summed E-state index contributed by atoms with van der Waals surface area (Å²) in [5.41, 5.74) is 7.59. The predicted octanol–water partition coefficient (Wildman–Crippen LogP) is 3.39. The summed E-state index contributed by atoms with van der Waals surface area (Å²) in [4.78, 5) is 16.1. The maximum Gasteiger partial charge on any atom is 0.347 e. The first kappa shape index (κ1) is 13.5. The molecule has 0 atom stereocenters. The van der Waals surface area contributed by atoms with Gasteiger partial charge in [-0.15, -0.1) is 11.3 Å². The number of benzene rings is 1. The minimum atomic E-state index is -0.942. The fraction of sp³-hybridized carbons (Fsp3) is 0.286. The molecule has 1 aromatic carbocycles. The molecule has 0 spiro atoms. The minimum absolute atomic E-state index is 0.283. The third-order valence-electron chi connectivity index (χ3n) is 2.72. The topological polar surface area (TPSA) is 76.2 Å². The molecule has 2 aromatic rings. The molecule has 0 unspecified atom stereocenters. The van der Waals surface area contributed by atoms with Crippen molar-refractivity contribution in [3.8, 4) is 10.6 Å². The van der Waals surface area contributed by atoms with Crippen molar-refractivity contribution in [2.24, 2.45) is 0 Å². The lowest BCUT2D eigenvalue weighted by molar-refractivity contribution is 0.0699. The molecule has 5 heteroatoms. The Morgan fingerprint density at radius 3 is 2.42 bits per heavy atom. The fourth-order valence-electron chi connectivity index (χ4n) is 1.78. The molecule has 2 rings (SSSR count). The fourth-order valence-corrected chi connectivity index (χ4v) is 2.94. The number of nitrogens with two attached hydrogens (primary N) is 1. The van der Waals surface area contributed by atoms with Gasteiger partial charge in [-0.05, 0) is 12.1 Å². The Balaban J connectivity index is 2.62. The van der Waals surface area contributed by atoms with Crippen LogP contribution in [-0.2, 0) is 5.41 Å². The van der Waals surface area contributed by atoms with Crippen LogP contribution in [0.15, 0.2) is 24.3 Å². The van der Waals surface area contributed by atoms with Crippen molar-refractivity contribution < 1.29 is 9.90 Å². The Hall–Kier alpha value is -1.88. The number of aromatic nitrogens is 1. The van der Waals surface area contributed by atoms with Gasteiger partial charge < -0.3 is 10.8 Å². The molecule has 0 bridgehead atoms. The molecule has 0 aliphatic carbocycles. The molecule has 4 nitrogen and oxygen atoms in total. The summed E-state index contributed by atoms with van der Waals surface area (Å²) in [5.74, 6) is -0.942. The van der Waals surface area contributed by atoms with Crippen LogP contribution in [0, 0.1) is 0 Å². The highest BCUT2D eigenvalue weighted by atomic mass is 32.1. The molecule has 1 heterocycles. The second kappa shape index (κ2) is 4.66. The van der Waals surface area contributed by atoms with Crippen LogP contribution in [0.2, 0.25) is 0 Å². The van der Waals surface area contributed by atoms with E-state index in [1.807, 2.05) is 39.0 Å². The van der Waals surface area contributed by atoms with Crippen molar-refractivity contribution in [2.45, 2.75) is 26.2 Å². The summed E-state index contributed by atoms with van der Waals surface area (Å²) < 4.78 is 0. The van der Waals surface area contributed by atoms with Crippen molar-refractivity contribution in [1.82, 2.24) is 4.98 Å². The Morgan fingerprint density at radius 2 is 1.95 bits per heavy atom. The van der Waals surface area contributed by atoms with Crippen LogP contribution < -0.4 is 5.73 Å². The average molecular weight is 276 g/mol. The van der Waals surface area contributed by atoms with Gasteiger partial charge in [0.2, 0.25) is 0 Å². The summed E-state index contributed by atoms with van der Waals surface area (Å²) in [5, 5.41) is 9.95. The van der Waals surface area contributed by atoms with Crippen molar-refractivity contribution >= 4 is 23.0 Å². The molecule has 0 saturated heterocycles. The van der Waals surface area contributed by atoms with Gasteiger partial charge in [-0.2, -0.15) is 0 Å². The lowest BCUT2D eigenvalue weighted by Crippen LogP contribution is -2.16. The number of rotatable bonds is 2. The van der Waals surface area contributed by atoms with Crippen LogP contribution in [0.5, 0.6) is 0 Å². The van der Waals surface area contributed by atoms with Crippen LogP contribution in [0.4, 0.5) is 5.69 Å². The molecule has 0 radical (unpaired) electrons. The van der Waals surface area contributed by atoms with E-state index in [9.17, 15) is 9.90 Å². The molecule has 1 aromatic heterocycles. The summed E-state index contributed by atoms with van der Waals surface area (Å²) >= 11 is 1.17. The summed E-state index contributed by atoms with van der Waals surface area (Å²) in [6, 6.07) is 7.35. The summed E-state index contributed by atoms with van der Waals surface area (Å²) in [6.07, 6.45) is 0. The van der Waals surface area contributed by atoms with E-state index in [0.717, 1.165) is 5.56 Å². The highest BCUT2D eigenvalue weighted by molar-refractivity contribution is 7.17. The Bertz CT molecular complexity index is 627. The smallest absolute Gasteiger partial charge is 0.347 e. The third-order valence-corrected chi connectivity index (χ3v) is 3.80. The van der Waals surface area contributed by atoms with Crippen LogP contribution in [-0.4, -0.2) is 16.1 Å². The summed E-state index contributed by atoms with van der Waals surface area (Å²) in [6.45, 7) is 5.85. The predicted molar refractivity (Wildman–Crippen MR) is 77.6 cm³/mol. The molecule has 0 aliphatic rings. The van der Waals surface area contributed by atoms with Gasteiger partial charge in [-0.25, -0.2) is 9.78 Å². The number of nitrogen functional groups attached to an aromatic ring is 1. The Labute approximate surface area is 115 Å². The standard InChI is InChI=1S/C14H16N2O2S/c1-14(2,3)11-10(13(17)18)19-12(16-11)8-6-4-5-7-9(8)15/h4-7H,15H2,1-3H3,(H,17,18). The lowest BCUT2D eigenvalue weighted by atomic mass is 9.91. The largest absolute Gasteiger partial charge is 0.477 e. The van der Waals surface area contributed by atoms with E-state index >= 15 is 0 Å². The van der Waals surface area contributed by atoms with E-state index in [4.69, 9.17) is 5.73 Å². The quantitative estimate of drug-likeness (QED) is 0.824. The first-order valence-corrected chi connectivity index (χ1v) is 6.72. The number of para-hydroxylation sites is 1. The highest BCUT2D eigenvalue weighted by Crippen LogP contribution is 2.36. The molecule has 3 N–H and O–H groups in total. The molecule has 100 valence electrons. The second-order valence-electron chi connectivity index (χ2n) is 5.34. The van der Waals surface area contributed by atoms with Crippen LogP contribution in [0.25, 0.3) is 10.6 Å². The number of hydrogen-bond donors (Lipinski definition) is 2. The maximum atomic E-state index is 11.3. The number of carboxylic acid groups (broad SMARTS) is 1. The Kier molecular flexibility index (Phi) is 3.32. The first-order chi connectivity index (χ1) is 8.80. The molecule has 19 heavy (non-hydrogen) atoms. The van der Waals surface area contributed by atoms with Crippen molar-refractivity contribution in [3.63, 3.8) is 0 Å². The van der Waals surface area contributed by atoms with E-state index in [2.05, 4.69) is 4.98 Å². The van der Waals surface area contributed by atoms with Crippen molar-refractivity contribution in [1.29, 1.82) is 0 Å². The number of anilines is 1. The number of thiazole rings is 1. The number of hydrogen-bond acceptors (Lipinski definition) is 4. The molecule has 0 fully saturated rings.